The van der Waals surface area contributed by atoms with Gasteiger partial charge in [0.15, 0.2) is 0 Å². The molecule has 1 aromatic rings. The Hall–Kier alpha value is -1.69. The lowest BCUT2D eigenvalue weighted by Gasteiger charge is -2.21. The van der Waals surface area contributed by atoms with Crippen LogP contribution in [0.3, 0.4) is 0 Å². The first kappa shape index (κ1) is 17.7. The number of nitrogens with one attached hydrogen (secondary N) is 1. The predicted octanol–water partition coefficient (Wildman–Crippen LogP) is 2.12. The van der Waals surface area contributed by atoms with Gasteiger partial charge in [0.25, 0.3) is 11.5 Å². The van der Waals surface area contributed by atoms with Crippen molar-refractivity contribution in [2.24, 2.45) is 0 Å². The molecule has 0 atom stereocenters. The number of ether oxygens (including phenoxy) is 1. The van der Waals surface area contributed by atoms with Crippen molar-refractivity contribution < 1.29 is 9.53 Å². The zero-order chi connectivity index (χ0) is 16.5. The van der Waals surface area contributed by atoms with Crippen LogP contribution < -0.4 is 10.9 Å². The van der Waals surface area contributed by atoms with E-state index in [4.69, 9.17) is 4.74 Å². The zero-order valence-corrected chi connectivity index (χ0v) is 13.9. The molecule has 23 heavy (non-hydrogen) atoms. The third-order valence-corrected chi connectivity index (χ3v) is 4.05. The van der Waals surface area contributed by atoms with Crippen LogP contribution in [0.5, 0.6) is 0 Å². The largest absolute Gasteiger partial charge is 0.378 e. The van der Waals surface area contributed by atoms with Gasteiger partial charge in [0, 0.05) is 25.8 Å². The highest BCUT2D eigenvalue weighted by molar-refractivity contribution is 5.91. The van der Waals surface area contributed by atoms with Gasteiger partial charge in [-0.1, -0.05) is 26.2 Å². The highest BCUT2D eigenvalue weighted by Crippen LogP contribution is 2.20. The average Bonchev–Trinajstić information content (AvgIpc) is 2.57. The van der Waals surface area contributed by atoms with E-state index in [0.717, 1.165) is 25.7 Å². The number of nitrogens with zero attached hydrogens (tertiary/aromatic N) is 2. The summed E-state index contributed by atoms with van der Waals surface area (Å²) in [7, 11) is 0. The number of rotatable bonds is 8. The number of hydrogen-bond donors (Lipinski definition) is 1. The van der Waals surface area contributed by atoms with Gasteiger partial charge in [-0.3, -0.25) is 9.59 Å². The summed E-state index contributed by atoms with van der Waals surface area (Å²) < 4.78 is 7.16. The number of carbonyl (C=O) groups excluding carboxylic acids is 1. The van der Waals surface area contributed by atoms with Crippen molar-refractivity contribution in [1.29, 1.82) is 0 Å². The highest BCUT2D eigenvalue weighted by atomic mass is 16.5. The molecule has 0 bridgehead atoms. The molecule has 6 nitrogen and oxygen atoms in total. The van der Waals surface area contributed by atoms with Crippen molar-refractivity contribution in [3.63, 3.8) is 0 Å². The molecule has 1 saturated carbocycles. The quantitative estimate of drug-likeness (QED) is 0.744. The fourth-order valence-corrected chi connectivity index (χ4v) is 2.79. The summed E-state index contributed by atoms with van der Waals surface area (Å²) in [5, 5.41) is 6.92. The Balaban J connectivity index is 1.70. The fourth-order valence-electron chi connectivity index (χ4n) is 2.79. The molecular formula is C17H27N3O3. The van der Waals surface area contributed by atoms with Crippen LogP contribution in [0, 0.1) is 0 Å². The normalized spacial score (nSPS) is 15.5. The first-order valence-corrected chi connectivity index (χ1v) is 8.68. The summed E-state index contributed by atoms with van der Waals surface area (Å²) in [6.45, 7) is 3.72. The summed E-state index contributed by atoms with van der Waals surface area (Å²) in [6.07, 6.45) is 8.17. The topological polar surface area (TPSA) is 73.2 Å². The lowest BCUT2D eigenvalue weighted by molar-refractivity contribution is 0.0273. The molecule has 0 aromatic carbocycles. The Kier molecular flexibility index (Phi) is 7.26. The molecule has 6 heteroatoms. The first-order chi connectivity index (χ1) is 11.2. The summed E-state index contributed by atoms with van der Waals surface area (Å²) in [4.78, 5) is 23.6. The van der Waals surface area contributed by atoms with Crippen molar-refractivity contribution in [3.05, 3.63) is 28.2 Å². The van der Waals surface area contributed by atoms with Crippen LogP contribution >= 0.6 is 0 Å². The lowest BCUT2D eigenvalue weighted by Crippen LogP contribution is -2.30. The van der Waals surface area contributed by atoms with Crippen LogP contribution in [-0.4, -0.2) is 34.9 Å². The van der Waals surface area contributed by atoms with E-state index in [9.17, 15) is 9.59 Å². The molecule has 0 saturated heterocycles. The van der Waals surface area contributed by atoms with E-state index in [1.54, 1.807) is 0 Å². The summed E-state index contributed by atoms with van der Waals surface area (Å²) in [5.74, 6) is -0.243. The molecule has 2 rings (SSSR count). The van der Waals surface area contributed by atoms with Gasteiger partial charge in [0.05, 0.1) is 6.10 Å². The molecule has 1 fully saturated rings. The van der Waals surface area contributed by atoms with E-state index in [1.165, 1.54) is 36.1 Å². The monoisotopic (exact) mass is 321 g/mol. The van der Waals surface area contributed by atoms with E-state index >= 15 is 0 Å². The third kappa shape index (κ3) is 5.78. The minimum Gasteiger partial charge on any atom is -0.378 e. The van der Waals surface area contributed by atoms with Crippen LogP contribution in [0.4, 0.5) is 0 Å². The maximum Gasteiger partial charge on any atom is 0.271 e. The van der Waals surface area contributed by atoms with Crippen LogP contribution in [-0.2, 0) is 11.3 Å². The van der Waals surface area contributed by atoms with Gasteiger partial charge in [-0.25, -0.2) is 4.68 Å². The number of carbonyl (C=O) groups is 1. The average molecular weight is 321 g/mol. The Morgan fingerprint density at radius 2 is 2.13 bits per heavy atom. The second-order valence-electron chi connectivity index (χ2n) is 6.02. The molecule has 0 unspecified atom stereocenters. The van der Waals surface area contributed by atoms with Crippen molar-refractivity contribution in [2.75, 3.05) is 13.2 Å². The predicted molar refractivity (Wildman–Crippen MR) is 88.6 cm³/mol. The van der Waals surface area contributed by atoms with Crippen molar-refractivity contribution in [1.82, 2.24) is 15.1 Å². The van der Waals surface area contributed by atoms with Crippen LogP contribution in [0.2, 0.25) is 0 Å². The zero-order valence-electron chi connectivity index (χ0n) is 13.9. The third-order valence-electron chi connectivity index (χ3n) is 4.05. The molecule has 0 aliphatic heterocycles. The van der Waals surface area contributed by atoms with Crippen LogP contribution in [0.15, 0.2) is 16.9 Å². The summed E-state index contributed by atoms with van der Waals surface area (Å²) >= 11 is 0. The number of hydrogen-bond acceptors (Lipinski definition) is 4. The highest BCUT2D eigenvalue weighted by Gasteiger charge is 2.13. The van der Waals surface area contributed by atoms with Gasteiger partial charge in [-0.15, -0.1) is 0 Å². The molecular weight excluding hydrogens is 294 g/mol. The van der Waals surface area contributed by atoms with E-state index in [1.807, 2.05) is 6.92 Å². The fraction of sp³-hybridized carbons (Fsp3) is 0.706. The van der Waals surface area contributed by atoms with Gasteiger partial charge in [-0.2, -0.15) is 5.10 Å². The smallest absolute Gasteiger partial charge is 0.271 e. The van der Waals surface area contributed by atoms with Gasteiger partial charge >= 0.3 is 0 Å². The lowest BCUT2D eigenvalue weighted by atomic mass is 9.98. The van der Waals surface area contributed by atoms with Gasteiger partial charge in [-0.05, 0) is 31.7 Å². The summed E-state index contributed by atoms with van der Waals surface area (Å²) in [5.41, 5.74) is 0.107. The van der Waals surface area contributed by atoms with Crippen LogP contribution in [0.1, 0.15) is 62.4 Å². The number of aryl methyl sites for hydroxylation is 1. The van der Waals surface area contributed by atoms with E-state index in [2.05, 4.69) is 10.4 Å². The molecule has 1 aliphatic rings. The molecule has 1 N–H and O–H groups in total. The molecule has 128 valence electrons. The second kappa shape index (κ2) is 9.45. The van der Waals surface area contributed by atoms with E-state index in [-0.39, 0.29) is 17.2 Å². The Morgan fingerprint density at radius 1 is 1.35 bits per heavy atom. The van der Waals surface area contributed by atoms with Gasteiger partial charge in [0.1, 0.15) is 5.69 Å². The van der Waals surface area contributed by atoms with E-state index in [0.29, 0.717) is 25.8 Å². The molecule has 0 radical (unpaired) electrons. The maximum absolute atomic E-state index is 12.0. The summed E-state index contributed by atoms with van der Waals surface area (Å²) in [6, 6.07) is 2.87. The minimum atomic E-state index is -0.243. The van der Waals surface area contributed by atoms with Crippen molar-refractivity contribution in [3.8, 4) is 0 Å². The van der Waals surface area contributed by atoms with E-state index < -0.39 is 0 Å². The number of amides is 1. The maximum atomic E-state index is 12.0. The minimum absolute atomic E-state index is 0.177. The molecule has 1 aliphatic carbocycles. The first-order valence-electron chi connectivity index (χ1n) is 8.68. The molecule has 0 spiro atoms. The molecule has 1 heterocycles. The Bertz CT molecular complexity index is 550. The van der Waals surface area contributed by atoms with Crippen LogP contribution in [0.25, 0.3) is 0 Å². The Morgan fingerprint density at radius 3 is 2.87 bits per heavy atom. The van der Waals surface area contributed by atoms with Crippen molar-refractivity contribution >= 4 is 5.91 Å². The van der Waals surface area contributed by atoms with Gasteiger partial charge < -0.3 is 10.1 Å². The number of aromatic nitrogens is 2. The SMILES string of the molecule is CCCn1nc(C(=O)NCCCOC2CCCCC2)ccc1=O. The standard InChI is InChI=1S/C17H27N3O3/c1-2-12-20-16(21)10-9-15(19-20)17(22)18-11-6-13-23-14-7-4-3-5-8-14/h9-10,14H,2-8,11-13H2,1H3,(H,18,22). The molecule has 1 aromatic heterocycles. The molecule has 1 amide bonds. The van der Waals surface area contributed by atoms with Crippen molar-refractivity contribution in [2.45, 2.75) is 64.5 Å². The van der Waals surface area contributed by atoms with Gasteiger partial charge in [0.2, 0.25) is 0 Å². The Labute approximate surface area is 137 Å². The second-order valence-corrected chi connectivity index (χ2v) is 6.02.